The van der Waals surface area contributed by atoms with E-state index < -0.39 is 6.04 Å². The Kier molecular flexibility index (Phi) is 2.93. The fraction of sp³-hybridized carbons (Fsp3) is 1.00. The molecule has 5 heteroatoms. The van der Waals surface area contributed by atoms with E-state index in [-0.39, 0.29) is 4.92 Å². The number of rotatable bonds is 3. The van der Waals surface area contributed by atoms with Crippen LogP contribution in [0.15, 0.2) is 0 Å². The van der Waals surface area contributed by atoms with Crippen LogP contribution in [-0.4, -0.2) is 60.5 Å². The van der Waals surface area contributed by atoms with Crippen LogP contribution in [0, 0.1) is 22.0 Å². The van der Waals surface area contributed by atoms with Crippen molar-refractivity contribution < 1.29 is 4.92 Å². The number of fused-ring (bicyclic) bond motifs is 1. The van der Waals surface area contributed by atoms with Gasteiger partial charge in [0, 0.05) is 38.0 Å². The van der Waals surface area contributed by atoms with Crippen LogP contribution in [0.2, 0.25) is 0 Å². The Morgan fingerprint density at radius 2 is 1.87 bits per heavy atom. The molecule has 2 fully saturated rings. The molecule has 86 valence electrons. The van der Waals surface area contributed by atoms with E-state index in [9.17, 15) is 10.1 Å². The zero-order chi connectivity index (χ0) is 11.0. The number of nitrogens with zero attached hydrogens (tertiary/aromatic N) is 3. The van der Waals surface area contributed by atoms with Crippen molar-refractivity contribution in [2.45, 2.75) is 13.0 Å². The van der Waals surface area contributed by atoms with Crippen molar-refractivity contribution in [1.82, 2.24) is 9.80 Å². The van der Waals surface area contributed by atoms with Crippen LogP contribution in [0.3, 0.4) is 0 Å². The normalized spacial score (nSPS) is 34.3. The molecule has 0 aromatic rings. The Morgan fingerprint density at radius 3 is 2.33 bits per heavy atom. The molecule has 3 unspecified atom stereocenters. The molecule has 2 saturated heterocycles. The summed E-state index contributed by atoms with van der Waals surface area (Å²) in [7, 11) is 2.16. The van der Waals surface area contributed by atoms with Crippen LogP contribution in [0.1, 0.15) is 6.92 Å². The minimum absolute atomic E-state index is 0.180. The van der Waals surface area contributed by atoms with Gasteiger partial charge >= 0.3 is 0 Å². The first-order valence-electron chi connectivity index (χ1n) is 5.60. The van der Waals surface area contributed by atoms with Crippen molar-refractivity contribution >= 4 is 0 Å². The smallest absolute Gasteiger partial charge is 0.222 e. The highest BCUT2D eigenvalue weighted by Gasteiger charge is 2.39. The summed E-state index contributed by atoms with van der Waals surface area (Å²) >= 11 is 0. The Balaban J connectivity index is 1.82. The largest absolute Gasteiger partial charge is 0.306 e. The van der Waals surface area contributed by atoms with E-state index in [0.29, 0.717) is 6.54 Å². The third-order valence-electron chi connectivity index (χ3n) is 3.63. The van der Waals surface area contributed by atoms with Crippen molar-refractivity contribution in [3.63, 3.8) is 0 Å². The molecule has 2 aliphatic heterocycles. The molecule has 2 rings (SSSR count). The summed E-state index contributed by atoms with van der Waals surface area (Å²) in [5.74, 6) is 1.49. The van der Waals surface area contributed by atoms with Gasteiger partial charge in [-0.1, -0.05) is 0 Å². The Labute approximate surface area is 90.2 Å². The second-order valence-electron chi connectivity index (χ2n) is 5.09. The monoisotopic (exact) mass is 213 g/mol. The molecule has 2 heterocycles. The SMILES string of the molecule is CC(CN1CC2CN(C)CC2C1)[N+](=O)[O-]. The summed E-state index contributed by atoms with van der Waals surface area (Å²) in [6, 6.07) is -0.429. The maximum Gasteiger partial charge on any atom is 0.222 e. The highest BCUT2D eigenvalue weighted by Crippen LogP contribution is 2.30. The molecule has 2 aliphatic rings. The lowest BCUT2D eigenvalue weighted by atomic mass is 10.0. The maximum absolute atomic E-state index is 10.6. The molecule has 0 radical (unpaired) electrons. The van der Waals surface area contributed by atoms with Crippen LogP contribution in [-0.2, 0) is 0 Å². The first-order chi connectivity index (χ1) is 7.06. The molecule has 0 bridgehead atoms. The molecule has 0 amide bonds. The summed E-state index contributed by atoms with van der Waals surface area (Å²) in [6.45, 7) is 6.73. The lowest BCUT2D eigenvalue weighted by molar-refractivity contribution is -0.518. The molecule has 3 atom stereocenters. The number of hydrogen-bond acceptors (Lipinski definition) is 4. The van der Waals surface area contributed by atoms with Gasteiger partial charge in [0.15, 0.2) is 0 Å². The van der Waals surface area contributed by atoms with Crippen LogP contribution < -0.4 is 0 Å². The Morgan fingerprint density at radius 1 is 1.33 bits per heavy atom. The Bertz CT molecular complexity index is 245. The fourth-order valence-corrected chi connectivity index (χ4v) is 2.91. The van der Waals surface area contributed by atoms with E-state index in [1.807, 2.05) is 0 Å². The molecule has 0 saturated carbocycles. The Hall–Kier alpha value is -0.680. The molecule has 0 aromatic heterocycles. The molecular weight excluding hydrogens is 194 g/mol. The van der Waals surface area contributed by atoms with Crippen LogP contribution in [0.4, 0.5) is 0 Å². The zero-order valence-electron chi connectivity index (χ0n) is 9.43. The zero-order valence-corrected chi connectivity index (χ0v) is 9.43. The highest BCUT2D eigenvalue weighted by atomic mass is 16.6. The molecule has 0 aromatic carbocycles. The average molecular weight is 213 g/mol. The van der Waals surface area contributed by atoms with Gasteiger partial charge in [0.25, 0.3) is 0 Å². The van der Waals surface area contributed by atoms with Crippen molar-refractivity contribution in [3.8, 4) is 0 Å². The van der Waals surface area contributed by atoms with Crippen molar-refractivity contribution in [2.24, 2.45) is 11.8 Å². The molecular formula is C10H19N3O2. The van der Waals surface area contributed by atoms with E-state index in [1.165, 1.54) is 0 Å². The number of nitro groups is 1. The predicted octanol–water partition coefficient (Wildman–Crippen LogP) is 0.145. The molecule has 0 spiro atoms. The quantitative estimate of drug-likeness (QED) is 0.494. The minimum Gasteiger partial charge on any atom is -0.306 e. The van der Waals surface area contributed by atoms with Gasteiger partial charge in [0.2, 0.25) is 6.04 Å². The van der Waals surface area contributed by atoms with Gasteiger partial charge in [-0.15, -0.1) is 0 Å². The van der Waals surface area contributed by atoms with E-state index in [4.69, 9.17) is 0 Å². The lowest BCUT2D eigenvalue weighted by Gasteiger charge is -2.19. The van der Waals surface area contributed by atoms with Gasteiger partial charge in [-0.2, -0.15) is 0 Å². The maximum atomic E-state index is 10.6. The van der Waals surface area contributed by atoms with Gasteiger partial charge in [-0.25, -0.2) is 0 Å². The second-order valence-corrected chi connectivity index (χ2v) is 5.09. The first-order valence-corrected chi connectivity index (χ1v) is 5.60. The van der Waals surface area contributed by atoms with E-state index in [2.05, 4.69) is 16.8 Å². The topological polar surface area (TPSA) is 49.6 Å². The summed E-state index contributed by atoms with van der Waals surface area (Å²) < 4.78 is 0. The number of likely N-dealkylation sites (tertiary alicyclic amines) is 2. The van der Waals surface area contributed by atoms with Crippen LogP contribution in [0.25, 0.3) is 0 Å². The molecule has 5 nitrogen and oxygen atoms in total. The third-order valence-corrected chi connectivity index (χ3v) is 3.63. The van der Waals surface area contributed by atoms with Crippen LogP contribution in [0.5, 0.6) is 0 Å². The molecule has 0 N–H and O–H groups in total. The van der Waals surface area contributed by atoms with Crippen LogP contribution >= 0.6 is 0 Å². The highest BCUT2D eigenvalue weighted by molar-refractivity contribution is 4.92. The van der Waals surface area contributed by atoms with Gasteiger partial charge in [0.1, 0.15) is 0 Å². The fourth-order valence-electron chi connectivity index (χ4n) is 2.91. The molecule has 0 aliphatic carbocycles. The van der Waals surface area contributed by atoms with E-state index >= 15 is 0 Å². The average Bonchev–Trinajstić information content (AvgIpc) is 2.60. The van der Waals surface area contributed by atoms with Gasteiger partial charge in [0.05, 0.1) is 6.54 Å². The predicted molar refractivity (Wildman–Crippen MR) is 57.4 cm³/mol. The van der Waals surface area contributed by atoms with Crippen molar-refractivity contribution in [3.05, 3.63) is 10.1 Å². The van der Waals surface area contributed by atoms with Gasteiger partial charge in [-0.3, -0.25) is 15.0 Å². The van der Waals surface area contributed by atoms with Gasteiger partial charge < -0.3 is 4.90 Å². The van der Waals surface area contributed by atoms with Crippen molar-refractivity contribution in [2.75, 3.05) is 39.8 Å². The summed E-state index contributed by atoms with van der Waals surface area (Å²) in [5.41, 5.74) is 0. The summed E-state index contributed by atoms with van der Waals surface area (Å²) in [4.78, 5) is 15.0. The van der Waals surface area contributed by atoms with E-state index in [0.717, 1.165) is 38.0 Å². The van der Waals surface area contributed by atoms with Crippen molar-refractivity contribution in [1.29, 1.82) is 0 Å². The standard InChI is InChI=1S/C10H19N3O2/c1-8(13(14)15)3-12-6-9-4-11(2)5-10(9)7-12/h8-10H,3-7H2,1-2H3. The van der Waals surface area contributed by atoms with Gasteiger partial charge in [-0.05, 0) is 18.9 Å². The number of hydrogen-bond donors (Lipinski definition) is 0. The summed E-state index contributed by atoms with van der Waals surface area (Å²) in [6.07, 6.45) is 0. The second kappa shape index (κ2) is 4.06. The van der Waals surface area contributed by atoms with E-state index in [1.54, 1.807) is 6.92 Å². The third kappa shape index (κ3) is 2.29. The summed E-state index contributed by atoms with van der Waals surface area (Å²) in [5, 5.41) is 10.6. The lowest BCUT2D eigenvalue weighted by Crippen LogP contribution is -2.35. The minimum atomic E-state index is -0.429. The molecule has 15 heavy (non-hydrogen) atoms. The first kappa shape index (κ1) is 10.8.